The van der Waals surface area contributed by atoms with Gasteiger partial charge in [-0.15, -0.1) is 0 Å². The monoisotopic (exact) mass is 263 g/mol. The van der Waals surface area contributed by atoms with Crippen molar-refractivity contribution in [2.24, 2.45) is 5.41 Å². The van der Waals surface area contributed by atoms with E-state index in [0.717, 1.165) is 18.3 Å². The number of aromatic nitrogens is 2. The van der Waals surface area contributed by atoms with Crippen molar-refractivity contribution >= 4 is 0 Å². The normalized spacial score (nSPS) is 33.3. The molecule has 1 aromatic heterocycles. The maximum atomic E-state index is 5.51. The lowest BCUT2D eigenvalue weighted by Crippen LogP contribution is -2.32. The van der Waals surface area contributed by atoms with Gasteiger partial charge in [-0.2, -0.15) is 4.98 Å². The second-order valence-electron chi connectivity index (χ2n) is 6.84. The smallest absolute Gasteiger partial charge is 0.229 e. The molecule has 4 nitrogen and oxygen atoms in total. The molecule has 1 aromatic rings. The van der Waals surface area contributed by atoms with Gasteiger partial charge in [0.25, 0.3) is 0 Å². The highest BCUT2D eigenvalue weighted by molar-refractivity contribution is 5.15. The van der Waals surface area contributed by atoms with E-state index in [0.29, 0.717) is 23.3 Å². The van der Waals surface area contributed by atoms with Crippen molar-refractivity contribution in [3.8, 4) is 0 Å². The summed E-state index contributed by atoms with van der Waals surface area (Å²) < 4.78 is 5.51. The third-order valence-corrected chi connectivity index (χ3v) is 4.85. The van der Waals surface area contributed by atoms with E-state index in [9.17, 15) is 0 Å². The Morgan fingerprint density at radius 1 is 1.26 bits per heavy atom. The van der Waals surface area contributed by atoms with Gasteiger partial charge in [0.05, 0.1) is 0 Å². The molecule has 2 aliphatic carbocycles. The summed E-state index contributed by atoms with van der Waals surface area (Å²) in [5.41, 5.74) is 0.379. The second kappa shape index (κ2) is 4.89. The Morgan fingerprint density at radius 3 is 2.53 bits per heavy atom. The van der Waals surface area contributed by atoms with Crippen LogP contribution in [0.3, 0.4) is 0 Å². The predicted octanol–water partition coefficient (Wildman–Crippen LogP) is 3.22. The van der Waals surface area contributed by atoms with Crippen molar-refractivity contribution in [3.05, 3.63) is 11.7 Å². The minimum absolute atomic E-state index is 0.379. The van der Waals surface area contributed by atoms with Gasteiger partial charge in [-0.25, -0.2) is 0 Å². The highest BCUT2D eigenvalue weighted by Gasteiger charge is 2.49. The fourth-order valence-electron chi connectivity index (χ4n) is 3.30. The van der Waals surface area contributed by atoms with Crippen molar-refractivity contribution in [1.82, 2.24) is 15.5 Å². The van der Waals surface area contributed by atoms with Crippen LogP contribution in [-0.2, 0) is 0 Å². The van der Waals surface area contributed by atoms with Crippen LogP contribution in [0.1, 0.15) is 76.4 Å². The largest absolute Gasteiger partial charge is 0.339 e. The molecule has 0 radical (unpaired) electrons. The Bertz CT molecular complexity index is 432. The average Bonchev–Trinajstić information content (AvgIpc) is 2.84. The van der Waals surface area contributed by atoms with Crippen LogP contribution < -0.4 is 5.32 Å². The van der Waals surface area contributed by atoms with Gasteiger partial charge in [0.1, 0.15) is 0 Å². The van der Waals surface area contributed by atoms with Crippen molar-refractivity contribution in [2.45, 2.75) is 70.8 Å². The Kier molecular flexibility index (Phi) is 3.37. The van der Waals surface area contributed by atoms with Gasteiger partial charge in [0, 0.05) is 17.9 Å². The Morgan fingerprint density at radius 2 is 1.95 bits per heavy atom. The first kappa shape index (κ1) is 13.1. The summed E-state index contributed by atoms with van der Waals surface area (Å²) in [7, 11) is 0. The van der Waals surface area contributed by atoms with E-state index < -0.39 is 0 Å². The van der Waals surface area contributed by atoms with Gasteiger partial charge in [-0.05, 0) is 44.1 Å². The summed E-state index contributed by atoms with van der Waals surface area (Å²) in [6, 6.07) is 0.686. The molecule has 0 bridgehead atoms. The topological polar surface area (TPSA) is 51.0 Å². The molecule has 1 atom stereocenters. The fourth-order valence-corrected chi connectivity index (χ4v) is 3.30. The lowest BCUT2D eigenvalue weighted by Gasteiger charge is -2.26. The lowest BCUT2D eigenvalue weighted by molar-refractivity contribution is 0.283. The molecule has 0 spiro atoms. The summed E-state index contributed by atoms with van der Waals surface area (Å²) in [5, 5.41) is 7.74. The third-order valence-electron chi connectivity index (χ3n) is 4.85. The first-order valence-corrected chi connectivity index (χ1v) is 7.67. The van der Waals surface area contributed by atoms with Gasteiger partial charge in [-0.1, -0.05) is 25.9 Å². The van der Waals surface area contributed by atoms with E-state index in [1.165, 1.54) is 32.1 Å². The van der Waals surface area contributed by atoms with Crippen molar-refractivity contribution in [3.63, 3.8) is 0 Å². The zero-order valence-corrected chi connectivity index (χ0v) is 12.3. The Balaban J connectivity index is 1.59. The molecule has 0 aliphatic heterocycles. The first-order valence-electron chi connectivity index (χ1n) is 7.67. The van der Waals surface area contributed by atoms with Crippen LogP contribution >= 0.6 is 0 Å². The number of nitrogens with zero attached hydrogens (tertiary/aromatic N) is 2. The molecule has 0 saturated heterocycles. The van der Waals surface area contributed by atoms with Crippen LogP contribution in [0.2, 0.25) is 0 Å². The van der Waals surface area contributed by atoms with E-state index in [2.05, 4.69) is 36.2 Å². The fraction of sp³-hybridized carbons (Fsp3) is 0.867. The van der Waals surface area contributed by atoms with E-state index >= 15 is 0 Å². The Hall–Kier alpha value is -0.900. The highest BCUT2D eigenvalue weighted by atomic mass is 16.5. The number of nitrogens with one attached hydrogen (secondary N) is 1. The third kappa shape index (κ3) is 2.69. The van der Waals surface area contributed by atoms with Crippen LogP contribution in [0.4, 0.5) is 0 Å². The van der Waals surface area contributed by atoms with Crippen molar-refractivity contribution < 1.29 is 4.52 Å². The van der Waals surface area contributed by atoms with Crippen LogP contribution in [0.5, 0.6) is 0 Å². The minimum Gasteiger partial charge on any atom is -0.339 e. The molecule has 2 fully saturated rings. The van der Waals surface area contributed by atoms with E-state index in [-0.39, 0.29) is 0 Å². The zero-order valence-electron chi connectivity index (χ0n) is 12.3. The number of hydrogen-bond acceptors (Lipinski definition) is 4. The Labute approximate surface area is 115 Å². The molecular formula is C15H25N3O. The second-order valence-corrected chi connectivity index (χ2v) is 6.84. The maximum Gasteiger partial charge on any atom is 0.229 e. The SMILES string of the molecule is CCNC1CCC(c2nc(C3CC3(C)C)no2)CC1. The summed E-state index contributed by atoms with van der Waals surface area (Å²) in [5.74, 6) is 2.82. The van der Waals surface area contributed by atoms with E-state index in [1.807, 2.05) is 0 Å². The van der Waals surface area contributed by atoms with Crippen LogP contribution in [-0.4, -0.2) is 22.7 Å². The molecule has 1 unspecified atom stereocenters. The lowest BCUT2D eigenvalue weighted by atomic mass is 9.86. The molecule has 1 N–H and O–H groups in total. The van der Waals surface area contributed by atoms with Crippen LogP contribution in [0, 0.1) is 5.41 Å². The molecule has 1 heterocycles. The minimum atomic E-state index is 0.379. The first-order chi connectivity index (χ1) is 9.10. The molecule has 106 valence electrons. The summed E-state index contributed by atoms with van der Waals surface area (Å²) in [4.78, 5) is 4.66. The molecule has 2 saturated carbocycles. The molecule has 0 amide bonds. The molecule has 0 aromatic carbocycles. The summed E-state index contributed by atoms with van der Waals surface area (Å²) in [6.45, 7) is 7.79. The van der Waals surface area contributed by atoms with Gasteiger partial charge in [0.15, 0.2) is 5.82 Å². The maximum absolute atomic E-state index is 5.51. The van der Waals surface area contributed by atoms with Crippen molar-refractivity contribution in [1.29, 1.82) is 0 Å². The average molecular weight is 263 g/mol. The van der Waals surface area contributed by atoms with Crippen LogP contribution in [0.25, 0.3) is 0 Å². The van der Waals surface area contributed by atoms with Gasteiger partial charge >= 0.3 is 0 Å². The van der Waals surface area contributed by atoms with Crippen molar-refractivity contribution in [2.75, 3.05) is 6.54 Å². The molecule has 2 aliphatic rings. The zero-order chi connectivity index (χ0) is 13.5. The predicted molar refractivity (Wildman–Crippen MR) is 74.1 cm³/mol. The summed E-state index contributed by atoms with van der Waals surface area (Å²) in [6.07, 6.45) is 6.00. The molecule has 19 heavy (non-hydrogen) atoms. The van der Waals surface area contributed by atoms with E-state index in [4.69, 9.17) is 4.52 Å². The molecule has 3 rings (SSSR count). The number of hydrogen-bond donors (Lipinski definition) is 1. The highest BCUT2D eigenvalue weighted by Crippen LogP contribution is 2.57. The molecule has 4 heteroatoms. The number of rotatable bonds is 4. The van der Waals surface area contributed by atoms with Gasteiger partial charge in [0.2, 0.25) is 5.89 Å². The summed E-state index contributed by atoms with van der Waals surface area (Å²) >= 11 is 0. The van der Waals surface area contributed by atoms with Gasteiger partial charge in [-0.3, -0.25) is 0 Å². The quantitative estimate of drug-likeness (QED) is 0.906. The van der Waals surface area contributed by atoms with Crippen LogP contribution in [0.15, 0.2) is 4.52 Å². The van der Waals surface area contributed by atoms with E-state index in [1.54, 1.807) is 0 Å². The molecular weight excluding hydrogens is 238 g/mol. The standard InChI is InChI=1S/C15H25N3O/c1-4-16-11-7-5-10(6-8-11)14-17-13(18-19-14)12-9-15(12,2)3/h10-12,16H,4-9H2,1-3H3. The van der Waals surface area contributed by atoms with Gasteiger partial charge < -0.3 is 9.84 Å².